The number of hydrogen-bond acceptors (Lipinski definition) is 2. The van der Waals surface area contributed by atoms with Gasteiger partial charge in [-0.3, -0.25) is 4.79 Å². The van der Waals surface area contributed by atoms with E-state index < -0.39 is 17.9 Å². The summed E-state index contributed by atoms with van der Waals surface area (Å²) in [6, 6.07) is 6.15. The zero-order valence-electron chi connectivity index (χ0n) is 11.9. The van der Waals surface area contributed by atoms with E-state index in [0.29, 0.717) is 11.4 Å². The van der Waals surface area contributed by atoms with Crippen molar-refractivity contribution in [1.29, 1.82) is 0 Å². The van der Waals surface area contributed by atoms with E-state index in [1.54, 1.807) is 31.2 Å². The number of carbonyl (C=O) groups is 2. The Bertz CT molecular complexity index is 490. The Labute approximate surface area is 124 Å². The number of carbonyl (C=O) groups excluding carboxylic acids is 1. The fraction of sp³-hybridized carbons (Fsp3) is 0.467. The molecule has 4 nitrogen and oxygen atoms in total. The molecule has 0 spiro atoms. The molecule has 0 saturated carbocycles. The Morgan fingerprint density at radius 3 is 2.50 bits per heavy atom. The summed E-state index contributed by atoms with van der Waals surface area (Å²) >= 11 is 5.90. The third kappa shape index (κ3) is 4.23. The highest BCUT2D eigenvalue weighted by atomic mass is 35.5. The monoisotopic (exact) mass is 297 g/mol. The molecule has 1 aromatic rings. The van der Waals surface area contributed by atoms with Gasteiger partial charge in [0.15, 0.2) is 0 Å². The van der Waals surface area contributed by atoms with Crippen LogP contribution in [-0.2, 0) is 9.59 Å². The molecule has 0 aliphatic carbocycles. The topological polar surface area (TPSA) is 66.4 Å². The van der Waals surface area contributed by atoms with Crippen LogP contribution in [0.5, 0.6) is 0 Å². The van der Waals surface area contributed by atoms with Gasteiger partial charge < -0.3 is 10.4 Å². The second kappa shape index (κ2) is 7.29. The summed E-state index contributed by atoms with van der Waals surface area (Å²) in [7, 11) is 0. The minimum absolute atomic E-state index is 0.122. The quantitative estimate of drug-likeness (QED) is 0.848. The Morgan fingerprint density at radius 1 is 1.35 bits per heavy atom. The fourth-order valence-electron chi connectivity index (χ4n) is 1.89. The van der Waals surface area contributed by atoms with Crippen LogP contribution in [0.15, 0.2) is 24.3 Å². The maximum Gasteiger partial charge on any atom is 0.326 e. The third-order valence-electron chi connectivity index (χ3n) is 3.52. The Balaban J connectivity index is 2.81. The molecule has 1 unspecified atom stereocenters. The molecule has 0 heterocycles. The average molecular weight is 298 g/mol. The largest absolute Gasteiger partial charge is 0.480 e. The minimum Gasteiger partial charge on any atom is -0.480 e. The molecule has 0 radical (unpaired) electrons. The third-order valence-corrected chi connectivity index (χ3v) is 3.75. The van der Waals surface area contributed by atoms with Crippen LogP contribution in [0.1, 0.15) is 38.7 Å². The highest BCUT2D eigenvalue weighted by Crippen LogP contribution is 2.20. The molecule has 110 valence electrons. The molecule has 20 heavy (non-hydrogen) atoms. The van der Waals surface area contributed by atoms with E-state index in [2.05, 4.69) is 5.32 Å². The van der Waals surface area contributed by atoms with E-state index in [9.17, 15) is 14.7 Å². The summed E-state index contributed by atoms with van der Waals surface area (Å²) in [5.41, 5.74) is 0.767. The first kappa shape index (κ1) is 16.5. The number of carboxylic acids is 1. The maximum atomic E-state index is 12.2. The van der Waals surface area contributed by atoms with Gasteiger partial charge >= 0.3 is 5.97 Å². The predicted octanol–water partition coefficient (Wildman–Crippen LogP) is 3.06. The summed E-state index contributed by atoms with van der Waals surface area (Å²) < 4.78 is 0. The zero-order valence-corrected chi connectivity index (χ0v) is 12.6. The lowest BCUT2D eigenvalue weighted by Gasteiger charge is -2.22. The molecular weight excluding hydrogens is 278 g/mol. The van der Waals surface area contributed by atoms with Gasteiger partial charge in [-0.25, -0.2) is 4.79 Å². The molecule has 0 bridgehead atoms. The highest BCUT2D eigenvalue weighted by Gasteiger charge is 2.27. The van der Waals surface area contributed by atoms with Crippen molar-refractivity contribution in [3.63, 3.8) is 0 Å². The van der Waals surface area contributed by atoms with Crippen LogP contribution >= 0.6 is 11.6 Å². The summed E-state index contributed by atoms with van der Waals surface area (Å²) in [5.74, 6) is -1.88. The van der Waals surface area contributed by atoms with Crippen LogP contribution < -0.4 is 5.32 Å². The minimum atomic E-state index is -1.01. The van der Waals surface area contributed by atoms with Gasteiger partial charge in [-0.1, -0.05) is 44.0 Å². The van der Waals surface area contributed by atoms with Crippen molar-refractivity contribution >= 4 is 23.5 Å². The van der Waals surface area contributed by atoms with Crippen molar-refractivity contribution in [1.82, 2.24) is 5.32 Å². The number of halogens is 1. The van der Waals surface area contributed by atoms with Gasteiger partial charge in [-0.05, 0) is 30.5 Å². The SMILES string of the molecule is CC[C@H](C)[C@H](NC(=O)C(C)c1cccc(Cl)c1)C(=O)O. The van der Waals surface area contributed by atoms with Gasteiger partial charge in [0.05, 0.1) is 5.92 Å². The second-order valence-electron chi connectivity index (χ2n) is 4.99. The molecule has 1 rings (SSSR count). The molecule has 5 heteroatoms. The first-order valence-corrected chi connectivity index (χ1v) is 7.03. The zero-order chi connectivity index (χ0) is 15.3. The van der Waals surface area contributed by atoms with E-state index in [0.717, 1.165) is 5.56 Å². The van der Waals surface area contributed by atoms with E-state index >= 15 is 0 Å². The van der Waals surface area contributed by atoms with Crippen LogP contribution in [0.4, 0.5) is 0 Å². The smallest absolute Gasteiger partial charge is 0.326 e. The standard InChI is InChI=1S/C15H20ClNO3/c1-4-9(2)13(15(19)20)17-14(18)10(3)11-6-5-7-12(16)8-11/h5-10,13H,4H2,1-3H3,(H,17,18)(H,19,20)/t9-,10?,13-/m0/s1. The number of nitrogens with one attached hydrogen (secondary N) is 1. The van der Waals surface area contributed by atoms with E-state index in [4.69, 9.17) is 11.6 Å². The van der Waals surface area contributed by atoms with Crippen LogP contribution in [0.2, 0.25) is 5.02 Å². The normalized spacial score (nSPS) is 15.2. The van der Waals surface area contributed by atoms with Gasteiger partial charge in [0.2, 0.25) is 5.91 Å². The molecular formula is C15H20ClNO3. The Morgan fingerprint density at radius 2 is 2.00 bits per heavy atom. The summed E-state index contributed by atoms with van der Waals surface area (Å²) in [6.07, 6.45) is 0.683. The number of benzene rings is 1. The van der Waals surface area contributed by atoms with Gasteiger partial charge in [0.1, 0.15) is 6.04 Å². The van der Waals surface area contributed by atoms with Crippen molar-refractivity contribution in [2.24, 2.45) is 5.92 Å². The number of carboxylic acid groups (broad SMARTS) is 1. The summed E-state index contributed by atoms with van der Waals surface area (Å²) in [4.78, 5) is 23.4. The van der Waals surface area contributed by atoms with Gasteiger partial charge in [-0.2, -0.15) is 0 Å². The van der Waals surface area contributed by atoms with Crippen molar-refractivity contribution in [2.75, 3.05) is 0 Å². The number of amides is 1. The fourth-order valence-corrected chi connectivity index (χ4v) is 2.09. The van der Waals surface area contributed by atoms with Crippen molar-refractivity contribution < 1.29 is 14.7 Å². The highest BCUT2D eigenvalue weighted by molar-refractivity contribution is 6.30. The Kier molecular flexibility index (Phi) is 6.02. The molecule has 3 atom stereocenters. The van der Waals surface area contributed by atoms with Gasteiger partial charge in [0, 0.05) is 5.02 Å². The number of hydrogen-bond donors (Lipinski definition) is 2. The van der Waals surface area contributed by atoms with Crippen LogP contribution in [0.3, 0.4) is 0 Å². The molecule has 0 saturated heterocycles. The molecule has 1 amide bonds. The van der Waals surface area contributed by atoms with E-state index in [1.807, 2.05) is 13.8 Å². The average Bonchev–Trinajstić information content (AvgIpc) is 2.42. The van der Waals surface area contributed by atoms with Crippen LogP contribution in [-0.4, -0.2) is 23.0 Å². The number of aliphatic carboxylic acids is 1. The molecule has 1 aromatic carbocycles. The summed E-state index contributed by atoms with van der Waals surface area (Å²) in [6.45, 7) is 5.44. The lowest BCUT2D eigenvalue weighted by atomic mass is 9.96. The maximum absolute atomic E-state index is 12.2. The Hall–Kier alpha value is -1.55. The van der Waals surface area contributed by atoms with Crippen LogP contribution in [0, 0.1) is 5.92 Å². The van der Waals surface area contributed by atoms with E-state index in [-0.39, 0.29) is 11.8 Å². The lowest BCUT2D eigenvalue weighted by molar-refractivity contribution is -0.143. The molecule has 0 aliphatic rings. The van der Waals surface area contributed by atoms with Crippen LogP contribution in [0.25, 0.3) is 0 Å². The van der Waals surface area contributed by atoms with E-state index in [1.165, 1.54) is 0 Å². The molecule has 0 aromatic heterocycles. The molecule has 2 N–H and O–H groups in total. The van der Waals surface area contributed by atoms with Gasteiger partial charge in [-0.15, -0.1) is 0 Å². The first-order valence-electron chi connectivity index (χ1n) is 6.65. The molecule has 0 aliphatic heterocycles. The van der Waals surface area contributed by atoms with Crippen molar-refractivity contribution in [2.45, 2.75) is 39.2 Å². The van der Waals surface area contributed by atoms with Crippen molar-refractivity contribution in [3.05, 3.63) is 34.9 Å². The van der Waals surface area contributed by atoms with Crippen molar-refractivity contribution in [3.8, 4) is 0 Å². The first-order chi connectivity index (χ1) is 9.36. The molecule has 0 fully saturated rings. The summed E-state index contributed by atoms with van der Waals surface area (Å²) in [5, 5.41) is 12.3. The number of rotatable bonds is 6. The predicted molar refractivity (Wildman–Crippen MR) is 78.9 cm³/mol. The van der Waals surface area contributed by atoms with Gasteiger partial charge in [0.25, 0.3) is 0 Å². The lowest BCUT2D eigenvalue weighted by Crippen LogP contribution is -2.46. The second-order valence-corrected chi connectivity index (χ2v) is 5.42.